The first-order valence-corrected chi connectivity index (χ1v) is 11.3. The molecule has 4 rings (SSSR count). The van der Waals surface area contributed by atoms with Crippen molar-refractivity contribution in [3.63, 3.8) is 0 Å². The van der Waals surface area contributed by atoms with E-state index in [0.29, 0.717) is 71.3 Å². The molecule has 1 N–H and O–H groups in total. The number of anilines is 1. The summed E-state index contributed by atoms with van der Waals surface area (Å²) in [5.41, 5.74) is 0.467. The van der Waals surface area contributed by atoms with Crippen molar-refractivity contribution in [3.05, 3.63) is 23.7 Å². The quantitative estimate of drug-likeness (QED) is 0.664. The molecule has 4 heterocycles. The van der Waals surface area contributed by atoms with Gasteiger partial charge in [-0.25, -0.2) is 4.98 Å². The van der Waals surface area contributed by atoms with E-state index in [1.54, 1.807) is 11.5 Å². The summed E-state index contributed by atoms with van der Waals surface area (Å²) in [4.78, 5) is 35.6. The standard InChI is InChI=1S/C20H29N5O4S/c1-2-5-21-19-22-16(15-30-19)18(27)25-10-8-23(9-11-25)14-17(26)24-6-3-20(4-7-24)28-12-13-29-20/h2,15H,1,3-14H2,(H,21,22). The number of thiazole rings is 1. The molecule has 10 heteroatoms. The lowest BCUT2D eigenvalue weighted by Crippen LogP contribution is -2.53. The number of ether oxygens (including phenoxy) is 2. The van der Waals surface area contributed by atoms with Crippen LogP contribution in [-0.2, 0) is 14.3 Å². The number of piperidine rings is 1. The van der Waals surface area contributed by atoms with Crippen LogP contribution in [0.1, 0.15) is 23.3 Å². The molecular formula is C20H29N5O4S. The van der Waals surface area contributed by atoms with Crippen LogP contribution in [0.5, 0.6) is 0 Å². The Hall–Kier alpha value is -2.01. The molecule has 1 aromatic rings. The Labute approximate surface area is 180 Å². The third kappa shape index (κ3) is 4.83. The highest BCUT2D eigenvalue weighted by Gasteiger charge is 2.41. The van der Waals surface area contributed by atoms with Crippen molar-refractivity contribution in [2.45, 2.75) is 18.6 Å². The van der Waals surface area contributed by atoms with E-state index in [1.807, 2.05) is 9.80 Å². The van der Waals surface area contributed by atoms with Gasteiger partial charge in [-0.15, -0.1) is 17.9 Å². The molecule has 3 aliphatic rings. The second-order valence-corrected chi connectivity index (χ2v) is 8.62. The van der Waals surface area contributed by atoms with Crippen LogP contribution in [0.3, 0.4) is 0 Å². The van der Waals surface area contributed by atoms with E-state index in [-0.39, 0.29) is 11.8 Å². The van der Waals surface area contributed by atoms with Crippen LogP contribution in [-0.4, -0.2) is 103 Å². The molecule has 2 amide bonds. The molecule has 0 saturated carbocycles. The molecule has 3 aliphatic heterocycles. The van der Waals surface area contributed by atoms with Gasteiger partial charge in [0, 0.05) is 64.0 Å². The van der Waals surface area contributed by atoms with Crippen LogP contribution in [0.4, 0.5) is 5.13 Å². The van der Waals surface area contributed by atoms with E-state index in [1.165, 1.54) is 11.3 Å². The average molecular weight is 436 g/mol. The number of carbonyl (C=O) groups excluding carboxylic acids is 2. The van der Waals surface area contributed by atoms with Crippen molar-refractivity contribution in [2.75, 3.05) is 70.9 Å². The summed E-state index contributed by atoms with van der Waals surface area (Å²) in [7, 11) is 0. The van der Waals surface area contributed by atoms with E-state index in [9.17, 15) is 9.59 Å². The molecule has 3 fully saturated rings. The van der Waals surface area contributed by atoms with Crippen molar-refractivity contribution in [3.8, 4) is 0 Å². The van der Waals surface area contributed by atoms with E-state index < -0.39 is 5.79 Å². The lowest BCUT2D eigenvalue weighted by atomic mass is 10.0. The molecule has 0 unspecified atom stereocenters. The zero-order valence-electron chi connectivity index (χ0n) is 17.2. The largest absolute Gasteiger partial charge is 0.358 e. The third-order valence-corrected chi connectivity index (χ3v) is 6.63. The fourth-order valence-corrected chi connectivity index (χ4v) is 4.75. The molecule has 1 aromatic heterocycles. The highest BCUT2D eigenvalue weighted by Crippen LogP contribution is 2.31. The highest BCUT2D eigenvalue weighted by molar-refractivity contribution is 7.13. The summed E-state index contributed by atoms with van der Waals surface area (Å²) in [6.07, 6.45) is 3.22. The zero-order valence-corrected chi connectivity index (χ0v) is 18.0. The van der Waals surface area contributed by atoms with Crippen molar-refractivity contribution in [2.24, 2.45) is 0 Å². The number of nitrogens with zero attached hydrogens (tertiary/aromatic N) is 4. The Morgan fingerprint density at radius 2 is 1.83 bits per heavy atom. The number of likely N-dealkylation sites (tertiary alicyclic amines) is 1. The molecular weight excluding hydrogens is 406 g/mol. The minimum absolute atomic E-state index is 0.0539. The summed E-state index contributed by atoms with van der Waals surface area (Å²) in [5, 5.41) is 5.60. The molecule has 0 atom stereocenters. The number of amides is 2. The van der Waals surface area contributed by atoms with Crippen molar-refractivity contribution in [1.29, 1.82) is 0 Å². The van der Waals surface area contributed by atoms with Crippen LogP contribution >= 0.6 is 11.3 Å². The van der Waals surface area contributed by atoms with E-state index in [4.69, 9.17) is 9.47 Å². The number of hydrogen-bond acceptors (Lipinski definition) is 8. The summed E-state index contributed by atoms with van der Waals surface area (Å²) >= 11 is 1.42. The number of piperazine rings is 1. The lowest BCUT2D eigenvalue weighted by Gasteiger charge is -2.39. The fraction of sp³-hybridized carbons (Fsp3) is 0.650. The number of carbonyl (C=O) groups is 2. The Bertz CT molecular complexity index is 761. The van der Waals surface area contributed by atoms with E-state index in [0.717, 1.165) is 18.0 Å². The lowest BCUT2D eigenvalue weighted by molar-refractivity contribution is -0.187. The van der Waals surface area contributed by atoms with Gasteiger partial charge >= 0.3 is 0 Å². The molecule has 1 spiro atoms. The zero-order chi connectivity index (χ0) is 21.0. The Morgan fingerprint density at radius 3 is 2.50 bits per heavy atom. The maximum atomic E-state index is 12.7. The first-order valence-electron chi connectivity index (χ1n) is 10.5. The summed E-state index contributed by atoms with van der Waals surface area (Å²) in [6, 6.07) is 0. The first kappa shape index (κ1) is 21.2. The molecule has 9 nitrogen and oxygen atoms in total. The molecule has 0 bridgehead atoms. The molecule has 164 valence electrons. The van der Waals surface area contributed by atoms with E-state index >= 15 is 0 Å². The Kier molecular flexibility index (Phi) is 6.67. The minimum atomic E-state index is -0.459. The van der Waals surface area contributed by atoms with Gasteiger partial charge in [0.15, 0.2) is 10.9 Å². The maximum absolute atomic E-state index is 12.7. The average Bonchev–Trinajstić information content (AvgIpc) is 3.43. The second-order valence-electron chi connectivity index (χ2n) is 7.76. The molecule has 30 heavy (non-hydrogen) atoms. The Balaban J connectivity index is 1.21. The summed E-state index contributed by atoms with van der Waals surface area (Å²) in [5.74, 6) is -0.374. The van der Waals surface area contributed by atoms with Crippen LogP contribution < -0.4 is 5.32 Å². The normalized spacial score (nSPS) is 21.7. The van der Waals surface area contributed by atoms with Gasteiger partial charge in [-0.3, -0.25) is 14.5 Å². The van der Waals surface area contributed by atoms with Gasteiger partial charge in [-0.05, 0) is 0 Å². The summed E-state index contributed by atoms with van der Waals surface area (Å²) < 4.78 is 11.5. The van der Waals surface area contributed by atoms with Gasteiger partial charge < -0.3 is 24.6 Å². The summed E-state index contributed by atoms with van der Waals surface area (Å²) in [6.45, 7) is 9.87. The van der Waals surface area contributed by atoms with Crippen molar-refractivity contribution >= 4 is 28.3 Å². The van der Waals surface area contributed by atoms with Gasteiger partial charge in [-0.1, -0.05) is 6.08 Å². The molecule has 3 saturated heterocycles. The minimum Gasteiger partial charge on any atom is -0.358 e. The van der Waals surface area contributed by atoms with Crippen LogP contribution in [0.2, 0.25) is 0 Å². The number of aromatic nitrogens is 1. The van der Waals surface area contributed by atoms with Crippen LogP contribution in [0, 0.1) is 0 Å². The molecule has 0 radical (unpaired) electrons. The fourth-order valence-electron chi connectivity index (χ4n) is 4.06. The Morgan fingerprint density at radius 1 is 1.13 bits per heavy atom. The number of nitrogens with one attached hydrogen (secondary N) is 1. The number of rotatable bonds is 6. The maximum Gasteiger partial charge on any atom is 0.273 e. The number of hydrogen-bond donors (Lipinski definition) is 1. The molecule has 0 aromatic carbocycles. The van der Waals surface area contributed by atoms with Crippen LogP contribution in [0.15, 0.2) is 18.0 Å². The van der Waals surface area contributed by atoms with Gasteiger partial charge in [0.05, 0.1) is 19.8 Å². The van der Waals surface area contributed by atoms with Crippen molar-refractivity contribution < 1.29 is 19.1 Å². The predicted octanol–water partition coefficient (Wildman–Crippen LogP) is 0.864. The van der Waals surface area contributed by atoms with Gasteiger partial charge in [0.1, 0.15) is 5.69 Å². The SMILES string of the molecule is C=CCNc1nc(C(=O)N2CCN(CC(=O)N3CCC4(CC3)OCCO4)CC2)cs1. The monoisotopic (exact) mass is 435 g/mol. The second kappa shape index (κ2) is 9.42. The smallest absolute Gasteiger partial charge is 0.273 e. The molecule has 0 aliphatic carbocycles. The third-order valence-electron chi connectivity index (χ3n) is 5.83. The van der Waals surface area contributed by atoms with Gasteiger partial charge in [0.25, 0.3) is 5.91 Å². The van der Waals surface area contributed by atoms with Crippen molar-refractivity contribution in [1.82, 2.24) is 19.7 Å². The van der Waals surface area contributed by atoms with Crippen LogP contribution in [0.25, 0.3) is 0 Å². The first-order chi connectivity index (χ1) is 14.6. The van der Waals surface area contributed by atoms with E-state index in [2.05, 4.69) is 21.8 Å². The van der Waals surface area contributed by atoms with Gasteiger partial charge in [-0.2, -0.15) is 0 Å². The predicted molar refractivity (Wildman–Crippen MR) is 114 cm³/mol. The van der Waals surface area contributed by atoms with Gasteiger partial charge in [0.2, 0.25) is 5.91 Å². The highest BCUT2D eigenvalue weighted by atomic mass is 32.1. The topological polar surface area (TPSA) is 87.2 Å².